The molecule has 1 aliphatic heterocycles. The Bertz CT molecular complexity index is 1390. The van der Waals surface area contributed by atoms with E-state index in [0.29, 0.717) is 29.7 Å². The first-order valence-corrected chi connectivity index (χ1v) is 26.1. The van der Waals surface area contributed by atoms with Crippen LogP contribution in [0.3, 0.4) is 0 Å². The normalized spacial score (nSPS) is 24.0. The number of urea groups is 1. The van der Waals surface area contributed by atoms with Crippen LogP contribution in [0.4, 0.5) is 10.5 Å². The monoisotopic (exact) mass is 850 g/mol. The summed E-state index contributed by atoms with van der Waals surface area (Å²) in [5.74, 6) is -0.616. The number of ketones is 1. The van der Waals surface area contributed by atoms with Crippen LogP contribution >= 0.6 is 11.6 Å². The average Bonchev–Trinajstić information content (AvgIpc) is 3.43. The van der Waals surface area contributed by atoms with E-state index in [1.807, 2.05) is 0 Å². The summed E-state index contributed by atoms with van der Waals surface area (Å²) in [5.41, 5.74) is -0.367. The standard InChI is InChI=1S/C53H88ClN3O3/c1-46-48(43-42-47(45-55)50(46)54)57-51(59)53(56(2)52(57)60)44-40-38-36-34-32-30-28-26-24-22-20-18-16-14-12-10-8-6-4-3-5-7-9-11-13-15-17-19-21-23-25-27-29-31-33-35-37-39-41-49(53)58/h42-43H,3-41,44H2,1-2H3. The molecule has 2 aliphatic rings. The van der Waals surface area contributed by atoms with Crippen LogP contribution in [0.25, 0.3) is 0 Å². The molecule has 2 fully saturated rings. The first-order valence-electron chi connectivity index (χ1n) is 25.7. The van der Waals surface area contributed by atoms with Gasteiger partial charge >= 0.3 is 6.03 Å². The molecule has 1 saturated heterocycles. The molecule has 1 aromatic rings. The second kappa shape index (κ2) is 32.3. The summed E-state index contributed by atoms with van der Waals surface area (Å²) >= 11 is 6.50. The Morgan fingerprint density at radius 1 is 0.500 bits per heavy atom. The Hall–Kier alpha value is -2.39. The van der Waals surface area contributed by atoms with Gasteiger partial charge in [0.1, 0.15) is 6.07 Å². The first kappa shape index (κ1) is 52.0. The van der Waals surface area contributed by atoms with Crippen LogP contribution in [0.5, 0.6) is 0 Å². The molecule has 1 heterocycles. The third-order valence-corrected chi connectivity index (χ3v) is 14.5. The van der Waals surface area contributed by atoms with Gasteiger partial charge in [-0.05, 0) is 37.5 Å². The molecule has 1 unspecified atom stereocenters. The number of imide groups is 1. The average molecular weight is 851 g/mol. The Morgan fingerprint density at radius 3 is 1.12 bits per heavy atom. The summed E-state index contributed by atoms with van der Waals surface area (Å²) in [7, 11) is 1.62. The molecule has 60 heavy (non-hydrogen) atoms. The first-order chi connectivity index (χ1) is 29.4. The summed E-state index contributed by atoms with van der Waals surface area (Å²) in [6.07, 6.45) is 50.1. The van der Waals surface area contributed by atoms with Crippen LogP contribution in [0, 0.1) is 18.3 Å². The molecule has 1 atom stereocenters. The molecule has 6 nitrogen and oxygen atoms in total. The molecule has 0 radical (unpaired) electrons. The predicted octanol–water partition coefficient (Wildman–Crippen LogP) is 16.8. The molecular formula is C53H88ClN3O3. The highest BCUT2D eigenvalue weighted by molar-refractivity contribution is 6.35. The maximum Gasteiger partial charge on any atom is 0.332 e. The van der Waals surface area contributed by atoms with Gasteiger partial charge in [0.05, 0.1) is 16.3 Å². The number of nitriles is 1. The van der Waals surface area contributed by atoms with Crippen LogP contribution in [-0.4, -0.2) is 35.2 Å². The van der Waals surface area contributed by atoms with Crippen molar-refractivity contribution >= 4 is 35.0 Å². The number of carbonyl (C=O) groups is 3. The quantitative estimate of drug-likeness (QED) is 0.208. The number of benzene rings is 1. The molecule has 1 aromatic carbocycles. The lowest BCUT2D eigenvalue weighted by atomic mass is 9.83. The molecule has 340 valence electrons. The molecule has 3 rings (SSSR count). The molecule has 3 amide bonds. The zero-order valence-electron chi connectivity index (χ0n) is 38.9. The Balaban J connectivity index is 1.48. The smallest absolute Gasteiger partial charge is 0.306 e. The minimum Gasteiger partial charge on any atom is -0.306 e. The number of likely N-dealkylation sites (N-methyl/N-ethyl adjacent to an activating group) is 1. The minimum absolute atomic E-state index is 0.144. The van der Waals surface area contributed by atoms with E-state index < -0.39 is 17.5 Å². The molecule has 7 heteroatoms. The summed E-state index contributed by atoms with van der Waals surface area (Å²) in [5, 5.41) is 9.72. The maximum absolute atomic E-state index is 14.4. The topological polar surface area (TPSA) is 81.5 Å². The van der Waals surface area contributed by atoms with E-state index in [1.54, 1.807) is 26.1 Å². The van der Waals surface area contributed by atoms with Crippen LogP contribution in [0.1, 0.15) is 268 Å². The fourth-order valence-corrected chi connectivity index (χ4v) is 10.1. The Labute approximate surface area is 373 Å². The summed E-state index contributed by atoms with van der Waals surface area (Å²) in [6.45, 7) is 1.72. The number of carbonyl (C=O) groups excluding carboxylic acids is 3. The van der Waals surface area contributed by atoms with E-state index in [-0.39, 0.29) is 10.8 Å². The number of hydrogen-bond acceptors (Lipinski definition) is 4. The van der Waals surface area contributed by atoms with E-state index in [2.05, 4.69) is 6.07 Å². The van der Waals surface area contributed by atoms with E-state index in [0.717, 1.165) is 43.4 Å². The molecule has 0 N–H and O–H groups in total. The van der Waals surface area contributed by atoms with Crippen LogP contribution in [0.15, 0.2) is 12.1 Å². The van der Waals surface area contributed by atoms with Crippen molar-refractivity contribution in [3.05, 3.63) is 28.3 Å². The third kappa shape index (κ3) is 18.5. The Kier molecular flexibility index (Phi) is 28.0. The van der Waals surface area contributed by atoms with Gasteiger partial charge in [0, 0.05) is 13.5 Å². The number of halogens is 1. The summed E-state index contributed by atoms with van der Waals surface area (Å²) < 4.78 is 0. The van der Waals surface area contributed by atoms with Gasteiger partial charge in [-0.3, -0.25) is 9.59 Å². The van der Waals surface area contributed by atoms with Gasteiger partial charge in [-0.15, -0.1) is 0 Å². The number of nitrogens with zero attached hydrogens (tertiary/aromatic N) is 3. The number of anilines is 1. The molecule has 1 saturated carbocycles. The number of Topliss-reactive ketones (excluding diaryl/α,β-unsaturated/α-hetero) is 1. The molecular weight excluding hydrogens is 762 g/mol. The highest BCUT2D eigenvalue weighted by Crippen LogP contribution is 2.40. The van der Waals surface area contributed by atoms with Crippen molar-refractivity contribution in [3.63, 3.8) is 0 Å². The lowest BCUT2D eigenvalue weighted by molar-refractivity contribution is -0.138. The lowest BCUT2D eigenvalue weighted by Crippen LogP contribution is -2.54. The summed E-state index contributed by atoms with van der Waals surface area (Å²) in [4.78, 5) is 45.1. The number of rotatable bonds is 1. The van der Waals surface area contributed by atoms with Crippen molar-refractivity contribution in [1.29, 1.82) is 5.26 Å². The minimum atomic E-state index is -1.50. The zero-order chi connectivity index (χ0) is 43.1. The van der Waals surface area contributed by atoms with Crippen molar-refractivity contribution in [2.45, 2.75) is 269 Å². The van der Waals surface area contributed by atoms with Gasteiger partial charge in [-0.1, -0.05) is 249 Å². The van der Waals surface area contributed by atoms with Crippen molar-refractivity contribution < 1.29 is 14.4 Å². The summed E-state index contributed by atoms with van der Waals surface area (Å²) in [6, 6.07) is 4.73. The number of hydrogen-bond donors (Lipinski definition) is 0. The predicted molar refractivity (Wildman–Crippen MR) is 254 cm³/mol. The molecule has 0 aromatic heterocycles. The van der Waals surface area contributed by atoms with Crippen LogP contribution in [-0.2, 0) is 9.59 Å². The van der Waals surface area contributed by atoms with Gasteiger partial charge < -0.3 is 4.90 Å². The van der Waals surface area contributed by atoms with Gasteiger partial charge in [0.2, 0.25) is 0 Å². The molecule has 1 aliphatic carbocycles. The maximum atomic E-state index is 14.4. The van der Waals surface area contributed by atoms with Gasteiger partial charge in [-0.2, -0.15) is 5.26 Å². The SMILES string of the molecule is Cc1c(N2C(=O)N(C)C3(CCCCCCCCCCCCCCCCCCCCCCCCCCCCCCCCCCCCCCCCC3=O)C2=O)ccc(C#N)c1Cl. The second-order valence-corrected chi connectivity index (χ2v) is 19.3. The number of amides is 3. The van der Waals surface area contributed by atoms with E-state index in [4.69, 9.17) is 11.6 Å². The largest absolute Gasteiger partial charge is 0.332 e. The lowest BCUT2D eigenvalue weighted by Gasteiger charge is -2.31. The van der Waals surface area contributed by atoms with Crippen molar-refractivity contribution in [2.75, 3.05) is 11.9 Å². The molecule has 0 bridgehead atoms. The van der Waals surface area contributed by atoms with Gasteiger partial charge in [0.25, 0.3) is 5.91 Å². The highest BCUT2D eigenvalue weighted by Gasteiger charge is 2.60. The fraction of sp³-hybridized carbons (Fsp3) is 0.811. The highest BCUT2D eigenvalue weighted by atomic mass is 35.5. The van der Waals surface area contributed by atoms with Crippen LogP contribution in [0.2, 0.25) is 5.02 Å². The zero-order valence-corrected chi connectivity index (χ0v) is 39.6. The van der Waals surface area contributed by atoms with E-state index in [9.17, 15) is 19.6 Å². The fourth-order valence-electron chi connectivity index (χ4n) is 9.90. The van der Waals surface area contributed by atoms with Gasteiger partial charge in [-0.25, -0.2) is 9.69 Å². The van der Waals surface area contributed by atoms with Crippen molar-refractivity contribution in [2.24, 2.45) is 0 Å². The Morgan fingerprint density at radius 2 is 0.800 bits per heavy atom. The molecule has 1 spiro atoms. The third-order valence-electron chi connectivity index (χ3n) is 14.0. The second-order valence-electron chi connectivity index (χ2n) is 18.9. The van der Waals surface area contributed by atoms with E-state index >= 15 is 0 Å². The van der Waals surface area contributed by atoms with Gasteiger partial charge in [0.15, 0.2) is 11.3 Å². The van der Waals surface area contributed by atoms with E-state index in [1.165, 1.54) is 210 Å². The van der Waals surface area contributed by atoms with Crippen LogP contribution < -0.4 is 4.90 Å². The van der Waals surface area contributed by atoms with Crippen molar-refractivity contribution in [3.8, 4) is 6.07 Å². The van der Waals surface area contributed by atoms with Crippen molar-refractivity contribution in [1.82, 2.24) is 4.90 Å².